The number of hydrogen-bond acceptors (Lipinski definition) is 3. The first-order chi connectivity index (χ1) is 14.0. The van der Waals surface area contributed by atoms with Gasteiger partial charge in [-0.1, -0.05) is 62.4 Å². The molecule has 0 fully saturated rings. The molecule has 5 heteroatoms. The maximum Gasteiger partial charge on any atom is 0.257 e. The molecular formula is C24H25N3O2. The number of aromatic nitrogens is 1. The number of anilines is 1. The van der Waals surface area contributed by atoms with E-state index in [0.29, 0.717) is 17.7 Å². The van der Waals surface area contributed by atoms with E-state index in [4.69, 9.17) is 0 Å². The van der Waals surface area contributed by atoms with Gasteiger partial charge in [0.25, 0.3) is 11.8 Å². The van der Waals surface area contributed by atoms with Gasteiger partial charge in [-0.3, -0.25) is 14.6 Å². The number of rotatable bonds is 6. The third-order valence-electron chi connectivity index (χ3n) is 4.72. The highest BCUT2D eigenvalue weighted by atomic mass is 16.2. The third kappa shape index (κ3) is 5.08. The summed E-state index contributed by atoms with van der Waals surface area (Å²) in [7, 11) is 0. The Bertz CT molecular complexity index is 1010. The fourth-order valence-electron chi connectivity index (χ4n) is 3.10. The number of hydrogen-bond donors (Lipinski definition) is 2. The number of carbonyl (C=O) groups is 2. The summed E-state index contributed by atoms with van der Waals surface area (Å²) in [6.07, 6.45) is 2.93. The van der Waals surface area contributed by atoms with E-state index in [1.807, 2.05) is 55.5 Å². The summed E-state index contributed by atoms with van der Waals surface area (Å²) >= 11 is 0. The summed E-state index contributed by atoms with van der Waals surface area (Å²) in [6, 6.07) is 17.2. The smallest absolute Gasteiger partial charge is 0.257 e. The monoisotopic (exact) mass is 387 g/mol. The first-order valence-electron chi connectivity index (χ1n) is 9.63. The Morgan fingerprint density at radius 3 is 2.31 bits per heavy atom. The van der Waals surface area contributed by atoms with Crippen LogP contribution in [-0.2, 0) is 6.54 Å². The Kier molecular flexibility index (Phi) is 6.39. The number of nitrogens with one attached hydrogen (secondary N) is 2. The zero-order chi connectivity index (χ0) is 20.8. The topological polar surface area (TPSA) is 71.1 Å². The van der Waals surface area contributed by atoms with Gasteiger partial charge in [-0.2, -0.15) is 0 Å². The van der Waals surface area contributed by atoms with Crippen LogP contribution >= 0.6 is 0 Å². The fourth-order valence-corrected chi connectivity index (χ4v) is 3.10. The highest BCUT2D eigenvalue weighted by molar-refractivity contribution is 6.06. The van der Waals surface area contributed by atoms with Crippen LogP contribution in [0.15, 0.2) is 67.0 Å². The molecule has 0 saturated heterocycles. The first kappa shape index (κ1) is 20.3. The van der Waals surface area contributed by atoms with Crippen LogP contribution in [0.1, 0.15) is 57.2 Å². The molecule has 1 heterocycles. The molecule has 0 aliphatic rings. The molecule has 0 saturated carbocycles. The molecule has 148 valence electrons. The van der Waals surface area contributed by atoms with Crippen LogP contribution in [0.5, 0.6) is 0 Å². The zero-order valence-electron chi connectivity index (χ0n) is 16.9. The highest BCUT2D eigenvalue weighted by Gasteiger charge is 2.15. The normalized spacial score (nSPS) is 10.6. The molecule has 0 aliphatic heterocycles. The van der Waals surface area contributed by atoms with Crippen molar-refractivity contribution >= 4 is 17.5 Å². The second-order valence-electron chi connectivity index (χ2n) is 7.28. The van der Waals surface area contributed by atoms with Crippen LogP contribution < -0.4 is 10.6 Å². The number of para-hydroxylation sites is 1. The van der Waals surface area contributed by atoms with E-state index in [9.17, 15) is 9.59 Å². The van der Waals surface area contributed by atoms with E-state index in [-0.39, 0.29) is 17.7 Å². The van der Waals surface area contributed by atoms with Gasteiger partial charge in [0.2, 0.25) is 0 Å². The molecular weight excluding hydrogens is 362 g/mol. The number of benzene rings is 2. The minimum atomic E-state index is -0.286. The number of carbonyl (C=O) groups excluding carboxylic acids is 2. The van der Waals surface area contributed by atoms with Crippen molar-refractivity contribution in [1.82, 2.24) is 10.3 Å². The molecule has 5 nitrogen and oxygen atoms in total. The molecule has 0 atom stereocenters. The Balaban J connectivity index is 1.74. The molecule has 0 radical (unpaired) electrons. The van der Waals surface area contributed by atoms with Crippen LogP contribution in [0.4, 0.5) is 5.69 Å². The second kappa shape index (κ2) is 9.15. The van der Waals surface area contributed by atoms with Gasteiger partial charge in [0, 0.05) is 24.6 Å². The van der Waals surface area contributed by atoms with Crippen LogP contribution in [0, 0.1) is 6.92 Å². The van der Waals surface area contributed by atoms with Crippen molar-refractivity contribution in [3.63, 3.8) is 0 Å². The Morgan fingerprint density at radius 2 is 1.62 bits per heavy atom. The Morgan fingerprint density at radius 1 is 0.931 bits per heavy atom. The molecule has 1 aromatic heterocycles. The first-order valence-corrected chi connectivity index (χ1v) is 9.63. The summed E-state index contributed by atoms with van der Waals surface area (Å²) in [5, 5.41) is 5.84. The third-order valence-corrected chi connectivity index (χ3v) is 4.72. The van der Waals surface area contributed by atoms with Gasteiger partial charge in [0.1, 0.15) is 0 Å². The van der Waals surface area contributed by atoms with Gasteiger partial charge in [0.15, 0.2) is 0 Å². The largest absolute Gasteiger partial charge is 0.348 e. The molecule has 2 amide bonds. The van der Waals surface area contributed by atoms with Crippen LogP contribution in [0.3, 0.4) is 0 Å². The molecule has 2 aromatic carbocycles. The zero-order valence-corrected chi connectivity index (χ0v) is 16.9. The maximum atomic E-state index is 12.8. The maximum absolute atomic E-state index is 12.8. The van der Waals surface area contributed by atoms with E-state index in [1.54, 1.807) is 6.07 Å². The van der Waals surface area contributed by atoms with Crippen molar-refractivity contribution in [2.45, 2.75) is 33.2 Å². The molecule has 0 bridgehead atoms. The van der Waals surface area contributed by atoms with Crippen LogP contribution in [0.25, 0.3) is 0 Å². The highest BCUT2D eigenvalue weighted by Crippen LogP contribution is 2.27. The molecule has 2 N–H and O–H groups in total. The van der Waals surface area contributed by atoms with Gasteiger partial charge in [0.05, 0.1) is 11.1 Å². The van der Waals surface area contributed by atoms with Gasteiger partial charge in [-0.15, -0.1) is 0 Å². The minimum Gasteiger partial charge on any atom is -0.348 e. The van der Waals surface area contributed by atoms with Crippen LogP contribution in [0.2, 0.25) is 0 Å². The van der Waals surface area contributed by atoms with E-state index in [1.165, 1.54) is 12.4 Å². The van der Waals surface area contributed by atoms with Gasteiger partial charge in [-0.25, -0.2) is 0 Å². The number of pyridine rings is 1. The van der Waals surface area contributed by atoms with Gasteiger partial charge in [-0.05, 0) is 35.6 Å². The molecule has 0 aliphatic carbocycles. The average Bonchev–Trinajstić information content (AvgIpc) is 2.74. The predicted molar refractivity (Wildman–Crippen MR) is 115 cm³/mol. The van der Waals surface area contributed by atoms with Crippen molar-refractivity contribution < 1.29 is 9.59 Å². The number of nitrogens with zero attached hydrogens (tertiary/aromatic N) is 1. The lowest BCUT2D eigenvalue weighted by atomic mass is 9.98. The van der Waals surface area contributed by atoms with E-state index in [0.717, 1.165) is 22.4 Å². The Hall–Kier alpha value is -3.47. The standard InChI is InChI=1S/C24H25N3O2/c1-16(2)21-11-7-8-17(3)22(21)27-24(29)20-12-19(14-25-15-20)23(28)26-13-18-9-5-4-6-10-18/h4-12,14-16H,13H2,1-3H3,(H,26,28)(H,27,29). The minimum absolute atomic E-state index is 0.269. The van der Waals surface area contributed by atoms with Crippen molar-refractivity contribution in [3.8, 4) is 0 Å². The lowest BCUT2D eigenvalue weighted by molar-refractivity contribution is 0.0950. The molecule has 29 heavy (non-hydrogen) atoms. The summed E-state index contributed by atoms with van der Waals surface area (Å²) < 4.78 is 0. The van der Waals surface area contributed by atoms with Crippen molar-refractivity contribution in [2.24, 2.45) is 0 Å². The van der Waals surface area contributed by atoms with Gasteiger partial charge >= 0.3 is 0 Å². The van der Waals surface area contributed by atoms with Crippen molar-refractivity contribution in [3.05, 3.63) is 94.8 Å². The Labute approximate surface area is 171 Å². The van der Waals surface area contributed by atoms with E-state index < -0.39 is 0 Å². The molecule has 3 aromatic rings. The van der Waals surface area contributed by atoms with Gasteiger partial charge < -0.3 is 10.6 Å². The molecule has 0 unspecified atom stereocenters. The summed E-state index contributed by atoms with van der Waals surface area (Å²) in [5.74, 6) is -0.278. The molecule has 0 spiro atoms. The average molecular weight is 387 g/mol. The van der Waals surface area contributed by atoms with Crippen molar-refractivity contribution in [2.75, 3.05) is 5.32 Å². The summed E-state index contributed by atoms with van der Waals surface area (Å²) in [6.45, 7) is 6.55. The SMILES string of the molecule is Cc1cccc(C(C)C)c1NC(=O)c1cncc(C(=O)NCc2ccccc2)c1. The quantitative estimate of drug-likeness (QED) is 0.644. The number of amides is 2. The van der Waals surface area contributed by atoms with E-state index >= 15 is 0 Å². The fraction of sp³-hybridized carbons (Fsp3) is 0.208. The summed E-state index contributed by atoms with van der Waals surface area (Å²) in [5.41, 5.74) is 4.57. The number of aryl methyl sites for hydroxylation is 1. The summed E-state index contributed by atoms with van der Waals surface area (Å²) in [4.78, 5) is 29.4. The van der Waals surface area contributed by atoms with Crippen LogP contribution in [-0.4, -0.2) is 16.8 Å². The van der Waals surface area contributed by atoms with Crippen molar-refractivity contribution in [1.29, 1.82) is 0 Å². The lowest BCUT2D eigenvalue weighted by Crippen LogP contribution is -2.23. The second-order valence-corrected chi connectivity index (χ2v) is 7.28. The van der Waals surface area contributed by atoms with E-state index in [2.05, 4.69) is 29.5 Å². The predicted octanol–water partition coefficient (Wildman–Crippen LogP) is 4.70. The lowest BCUT2D eigenvalue weighted by Gasteiger charge is -2.16. The molecule has 3 rings (SSSR count).